The number of hydrogen-bond acceptors (Lipinski definition) is 11. The summed E-state index contributed by atoms with van der Waals surface area (Å²) in [5, 5.41) is 34.0. The molecule has 4 heterocycles. The minimum absolute atomic E-state index is 0.0472. The number of benzene rings is 5. The molecule has 0 bridgehead atoms. The third-order valence-electron chi connectivity index (χ3n) is 15.2. The highest BCUT2D eigenvalue weighted by molar-refractivity contribution is 6.23. The van der Waals surface area contributed by atoms with Crippen molar-refractivity contribution in [2.24, 2.45) is 5.92 Å². The summed E-state index contributed by atoms with van der Waals surface area (Å²) in [5.74, 6) is 2.91. The Morgan fingerprint density at radius 1 is 0.746 bits per heavy atom. The van der Waals surface area contributed by atoms with Crippen molar-refractivity contribution in [1.29, 1.82) is 0 Å². The number of phenolic OH excluding ortho intramolecular Hbond substituents is 1. The smallest absolute Gasteiger partial charge is 0.421 e. The van der Waals surface area contributed by atoms with Crippen molar-refractivity contribution in [1.82, 2.24) is 9.80 Å². The van der Waals surface area contributed by atoms with Crippen LogP contribution in [0.15, 0.2) is 127 Å². The Morgan fingerprint density at radius 2 is 1.37 bits per heavy atom. The van der Waals surface area contributed by atoms with E-state index in [0.29, 0.717) is 61.0 Å². The van der Waals surface area contributed by atoms with E-state index in [1.807, 2.05) is 65.6 Å². The molecule has 0 aromatic heterocycles. The number of nitrogens with zero attached hydrogens (tertiary/aromatic N) is 4. The molecule has 5 aliphatic rings. The number of amides is 3. The number of carbonyl (C=O) groups is 4. The molecule has 4 fully saturated rings. The fourth-order valence-electron chi connectivity index (χ4n) is 11.8. The number of phenols is 1. The predicted molar refractivity (Wildman–Crippen MR) is 263 cm³/mol. The molecule has 1 aliphatic carbocycles. The zero-order valence-corrected chi connectivity index (χ0v) is 39.4. The standard InChI is InChI=1S/C57H56N4O10/c62-44-27-23-42(24-28-44)51-57(47(52(63)58-34-14-4-1-5-15-35-58)49-53(64)71-50(41-18-10-7-11-19-41)48(60(49)51)40-16-8-6-9-17-40)45-36-38(30-33-56(67)31-12-2-3-13-32-56)22-29-46(45)59(54(57)65)55(66)70-37-39-20-25-43(26-21-39)61(68)69/h6-11,16-29,36,47-51,62,67H,1-5,12-15,31-32,34-35,37H2/t47-,48-,49-,50+,51+,57-/m1/s1. The van der Waals surface area contributed by atoms with E-state index in [-0.39, 0.29) is 29.3 Å². The maximum absolute atomic E-state index is 16.7. The van der Waals surface area contributed by atoms with E-state index in [2.05, 4.69) is 11.8 Å². The van der Waals surface area contributed by atoms with Gasteiger partial charge in [0.2, 0.25) is 11.8 Å². The third-order valence-corrected chi connectivity index (χ3v) is 15.2. The van der Waals surface area contributed by atoms with Gasteiger partial charge < -0.3 is 24.6 Å². The van der Waals surface area contributed by atoms with Crippen LogP contribution in [-0.4, -0.2) is 73.5 Å². The number of aliphatic hydroxyl groups is 1. The van der Waals surface area contributed by atoms with Crippen molar-refractivity contribution in [2.45, 2.75) is 112 Å². The van der Waals surface area contributed by atoms with Crippen LogP contribution in [0.1, 0.15) is 122 Å². The number of fused-ring (bicyclic) bond motifs is 3. The number of nitro benzene ring substituents is 1. The third kappa shape index (κ3) is 8.82. The van der Waals surface area contributed by atoms with Crippen LogP contribution in [0.25, 0.3) is 0 Å². The summed E-state index contributed by atoms with van der Waals surface area (Å²) < 4.78 is 12.6. The van der Waals surface area contributed by atoms with Gasteiger partial charge in [-0.25, -0.2) is 9.69 Å². The zero-order valence-electron chi connectivity index (χ0n) is 39.4. The lowest BCUT2D eigenvalue weighted by atomic mass is 9.64. The fraction of sp³-hybridized carbons (Fsp3) is 0.368. The van der Waals surface area contributed by atoms with Gasteiger partial charge in [-0.15, -0.1) is 0 Å². The van der Waals surface area contributed by atoms with E-state index in [4.69, 9.17) is 9.47 Å². The summed E-state index contributed by atoms with van der Waals surface area (Å²) in [6.07, 6.45) is 6.86. The van der Waals surface area contributed by atoms with Crippen LogP contribution < -0.4 is 4.90 Å². The van der Waals surface area contributed by atoms with E-state index in [1.165, 1.54) is 36.4 Å². The first kappa shape index (κ1) is 47.3. The van der Waals surface area contributed by atoms with Gasteiger partial charge in [0.1, 0.15) is 35.5 Å². The normalized spacial score (nSPS) is 25.1. The number of ether oxygens (including phenoxy) is 2. The average Bonchev–Trinajstić information content (AvgIpc) is 3.71. The molecule has 2 N–H and O–H groups in total. The van der Waals surface area contributed by atoms with Crippen LogP contribution in [0.3, 0.4) is 0 Å². The molecule has 5 aromatic rings. The minimum Gasteiger partial charge on any atom is -0.508 e. The van der Waals surface area contributed by atoms with E-state index in [9.17, 15) is 25.1 Å². The lowest BCUT2D eigenvalue weighted by molar-refractivity contribution is -0.384. The molecule has 4 aliphatic heterocycles. The zero-order chi connectivity index (χ0) is 49.3. The molecular weight excluding hydrogens is 901 g/mol. The molecule has 0 radical (unpaired) electrons. The van der Waals surface area contributed by atoms with E-state index in [1.54, 1.807) is 35.2 Å². The first-order valence-electron chi connectivity index (χ1n) is 24.8. The number of esters is 1. The van der Waals surface area contributed by atoms with Gasteiger partial charge in [-0.05, 0) is 109 Å². The van der Waals surface area contributed by atoms with Gasteiger partial charge in [-0.1, -0.05) is 117 Å². The molecule has 1 spiro atoms. The summed E-state index contributed by atoms with van der Waals surface area (Å²) in [6.45, 7) is 0.425. The Balaban J connectivity index is 1.23. The number of likely N-dealkylation sites (tertiary alicyclic amines) is 1. The molecule has 6 atom stereocenters. The highest BCUT2D eigenvalue weighted by atomic mass is 16.6. The number of hydrogen-bond donors (Lipinski definition) is 2. The van der Waals surface area contributed by atoms with Crippen LogP contribution >= 0.6 is 0 Å². The highest BCUT2D eigenvalue weighted by Crippen LogP contribution is 2.66. The largest absolute Gasteiger partial charge is 0.508 e. The first-order valence-corrected chi connectivity index (χ1v) is 24.8. The van der Waals surface area contributed by atoms with E-state index in [0.717, 1.165) is 55.4 Å². The fourth-order valence-corrected chi connectivity index (χ4v) is 11.8. The second-order valence-electron chi connectivity index (χ2n) is 19.5. The highest BCUT2D eigenvalue weighted by Gasteiger charge is 2.76. The molecule has 71 heavy (non-hydrogen) atoms. The molecule has 5 aromatic carbocycles. The van der Waals surface area contributed by atoms with Gasteiger partial charge in [-0.3, -0.25) is 29.4 Å². The molecule has 10 rings (SSSR count). The SMILES string of the molecule is O=C1O[C@@H](c2ccccc2)[C@@H](c2ccccc2)N2[C@@H](c3ccc(O)cc3)[C@]3(C(=O)N(C(=O)OCc4ccc([N+](=O)[O-])cc4)c4ccc(C#CC5(O)CCCCCC5)cc43)[C@@H](C(=O)N3CCCCCCC3)[C@H]12. The van der Waals surface area contributed by atoms with Gasteiger partial charge >= 0.3 is 12.1 Å². The van der Waals surface area contributed by atoms with Gasteiger partial charge in [0, 0.05) is 30.8 Å². The summed E-state index contributed by atoms with van der Waals surface area (Å²) >= 11 is 0. The van der Waals surface area contributed by atoms with Gasteiger partial charge in [0.25, 0.3) is 5.69 Å². The Kier molecular flexibility index (Phi) is 13.2. The Morgan fingerprint density at radius 3 is 2.01 bits per heavy atom. The predicted octanol–water partition coefficient (Wildman–Crippen LogP) is 9.53. The summed E-state index contributed by atoms with van der Waals surface area (Å²) in [6, 6.07) is 32.4. The number of anilines is 1. The topological polar surface area (TPSA) is 180 Å². The number of imide groups is 1. The van der Waals surface area contributed by atoms with Crippen LogP contribution in [0.5, 0.6) is 5.75 Å². The maximum atomic E-state index is 16.7. The number of cyclic esters (lactones) is 1. The molecule has 364 valence electrons. The van der Waals surface area contributed by atoms with Crippen molar-refractivity contribution in [3.63, 3.8) is 0 Å². The van der Waals surface area contributed by atoms with Gasteiger partial charge in [0.15, 0.2) is 0 Å². The lowest BCUT2D eigenvalue weighted by Gasteiger charge is -2.46. The van der Waals surface area contributed by atoms with Gasteiger partial charge in [0.05, 0.1) is 28.6 Å². The summed E-state index contributed by atoms with van der Waals surface area (Å²) in [5.41, 5.74) is -0.283. The van der Waals surface area contributed by atoms with E-state index >= 15 is 14.4 Å². The van der Waals surface area contributed by atoms with Crippen molar-refractivity contribution in [2.75, 3.05) is 18.0 Å². The molecule has 14 heteroatoms. The van der Waals surface area contributed by atoms with Crippen molar-refractivity contribution < 1.29 is 43.8 Å². The molecule has 14 nitrogen and oxygen atoms in total. The van der Waals surface area contributed by atoms with Crippen LogP contribution in [0.4, 0.5) is 16.2 Å². The summed E-state index contributed by atoms with van der Waals surface area (Å²) in [7, 11) is 0. The minimum atomic E-state index is -2.06. The van der Waals surface area contributed by atoms with Crippen molar-refractivity contribution in [3.8, 4) is 17.6 Å². The van der Waals surface area contributed by atoms with Crippen molar-refractivity contribution >= 4 is 35.3 Å². The summed E-state index contributed by atoms with van der Waals surface area (Å²) in [4.78, 5) is 78.9. The molecule has 1 saturated carbocycles. The molecule has 0 unspecified atom stereocenters. The van der Waals surface area contributed by atoms with E-state index < -0.39 is 70.0 Å². The monoisotopic (exact) mass is 956 g/mol. The lowest BCUT2D eigenvalue weighted by Crippen LogP contribution is -2.56. The number of morpholine rings is 1. The average molecular weight is 957 g/mol. The number of nitro groups is 1. The molecular formula is C57H56N4O10. The second-order valence-corrected chi connectivity index (χ2v) is 19.5. The Bertz CT molecular complexity index is 2870. The van der Waals surface area contributed by atoms with Gasteiger partial charge in [-0.2, -0.15) is 0 Å². The van der Waals surface area contributed by atoms with Crippen molar-refractivity contribution in [3.05, 3.63) is 171 Å². The number of non-ortho nitro benzene ring substituents is 1. The Hall–Kier alpha value is -7.34. The quantitative estimate of drug-likeness (QED) is 0.0522. The molecule has 3 amide bonds. The first-order chi connectivity index (χ1) is 34.5. The number of carbonyl (C=O) groups excluding carboxylic acids is 4. The second kappa shape index (κ2) is 19.8. The number of rotatable bonds is 7. The maximum Gasteiger partial charge on any atom is 0.421 e. The molecule has 3 saturated heterocycles. The van der Waals surface area contributed by atoms with Crippen LogP contribution in [0, 0.1) is 27.9 Å². The van der Waals surface area contributed by atoms with Crippen LogP contribution in [0.2, 0.25) is 0 Å². The van der Waals surface area contributed by atoms with Crippen LogP contribution in [-0.2, 0) is 35.9 Å². The number of aromatic hydroxyl groups is 1. The Labute approximate surface area is 412 Å².